The summed E-state index contributed by atoms with van der Waals surface area (Å²) in [5.74, 6) is 1.43. The molecule has 2 aromatic heterocycles. The number of carbonyl (C=O) groups excluding carboxylic acids is 1. The van der Waals surface area contributed by atoms with Crippen LogP contribution in [0, 0.1) is 0 Å². The highest BCUT2D eigenvalue weighted by atomic mass is 16.1. The maximum atomic E-state index is 12.5. The largest absolute Gasteiger partial charge is 0.368 e. The fourth-order valence-electron chi connectivity index (χ4n) is 2.96. The number of anilines is 1. The van der Waals surface area contributed by atoms with E-state index in [0.29, 0.717) is 24.5 Å². The summed E-state index contributed by atoms with van der Waals surface area (Å²) in [4.78, 5) is 21.0. The van der Waals surface area contributed by atoms with Gasteiger partial charge in [-0.15, -0.1) is 0 Å². The van der Waals surface area contributed by atoms with Gasteiger partial charge < -0.3 is 15.2 Å². The minimum atomic E-state index is -0.0793. The zero-order chi connectivity index (χ0) is 18.5. The lowest BCUT2D eigenvalue weighted by Crippen LogP contribution is -2.29. The smallest absolute Gasteiger partial charge is 0.251 e. The Hall–Kier alpha value is -3.67. The van der Waals surface area contributed by atoms with Gasteiger partial charge in [-0.3, -0.25) is 4.79 Å². The molecule has 134 valence electrons. The minimum absolute atomic E-state index is 0.0793. The van der Waals surface area contributed by atoms with Gasteiger partial charge in [0.1, 0.15) is 18.0 Å². The summed E-state index contributed by atoms with van der Waals surface area (Å²) in [7, 11) is 0. The molecule has 0 bridgehead atoms. The summed E-state index contributed by atoms with van der Waals surface area (Å²) < 4.78 is 1.91. The molecule has 0 atom stereocenters. The number of amides is 1. The minimum Gasteiger partial charge on any atom is -0.368 e. The first kappa shape index (κ1) is 16.8. The number of benzene rings is 2. The second-order valence-corrected chi connectivity index (χ2v) is 6.06. The summed E-state index contributed by atoms with van der Waals surface area (Å²) in [5.41, 5.74) is 0.685. The van der Waals surface area contributed by atoms with Crippen molar-refractivity contribution in [3.05, 3.63) is 84.9 Å². The van der Waals surface area contributed by atoms with Crippen molar-refractivity contribution >= 4 is 22.5 Å². The number of nitrogens with one attached hydrogen (secondary N) is 2. The van der Waals surface area contributed by atoms with Gasteiger partial charge in [0.05, 0.1) is 0 Å². The Bertz CT molecular complexity index is 1050. The van der Waals surface area contributed by atoms with E-state index in [9.17, 15) is 4.79 Å². The van der Waals surface area contributed by atoms with Crippen LogP contribution in [0.1, 0.15) is 10.4 Å². The fraction of sp³-hybridized carbons (Fsp3) is 0.0952. The lowest BCUT2D eigenvalue weighted by Gasteiger charge is -2.10. The van der Waals surface area contributed by atoms with Crippen LogP contribution in [-0.4, -0.2) is 33.5 Å². The van der Waals surface area contributed by atoms with Gasteiger partial charge in [0.15, 0.2) is 0 Å². The van der Waals surface area contributed by atoms with E-state index in [1.54, 1.807) is 0 Å². The van der Waals surface area contributed by atoms with Crippen LogP contribution in [0.3, 0.4) is 0 Å². The third-order valence-corrected chi connectivity index (χ3v) is 4.27. The molecule has 27 heavy (non-hydrogen) atoms. The maximum Gasteiger partial charge on any atom is 0.251 e. The first-order chi connectivity index (χ1) is 13.3. The molecule has 2 N–H and O–H groups in total. The standard InChI is InChI=1S/C21H19N5O/c27-21(18-9-5-7-16-6-1-2-8-17(16)18)23-11-10-22-19-14-20(25-15-24-19)26-12-3-4-13-26/h1-9,12-15H,10-11H2,(H,23,27)(H,22,24,25). The van der Waals surface area contributed by atoms with Crippen molar-refractivity contribution in [3.8, 4) is 5.82 Å². The van der Waals surface area contributed by atoms with Gasteiger partial charge in [-0.2, -0.15) is 0 Å². The predicted octanol–water partition coefficient (Wildman–Crippen LogP) is 3.26. The fourth-order valence-corrected chi connectivity index (χ4v) is 2.96. The Morgan fingerprint density at radius 2 is 1.74 bits per heavy atom. The third-order valence-electron chi connectivity index (χ3n) is 4.27. The van der Waals surface area contributed by atoms with E-state index < -0.39 is 0 Å². The Morgan fingerprint density at radius 1 is 0.926 bits per heavy atom. The number of carbonyl (C=O) groups is 1. The molecule has 1 amide bonds. The van der Waals surface area contributed by atoms with Crippen LogP contribution in [0.2, 0.25) is 0 Å². The number of hydrogen-bond acceptors (Lipinski definition) is 4. The summed E-state index contributed by atoms with van der Waals surface area (Å²) in [6.45, 7) is 1.06. The van der Waals surface area contributed by atoms with E-state index in [1.165, 1.54) is 6.33 Å². The van der Waals surface area contributed by atoms with Gasteiger partial charge in [0, 0.05) is 37.1 Å². The van der Waals surface area contributed by atoms with Gasteiger partial charge in [0.25, 0.3) is 5.91 Å². The van der Waals surface area contributed by atoms with Gasteiger partial charge in [-0.25, -0.2) is 9.97 Å². The molecule has 0 saturated heterocycles. The summed E-state index contributed by atoms with van der Waals surface area (Å²) >= 11 is 0. The molecule has 0 fully saturated rings. The van der Waals surface area contributed by atoms with Crippen molar-refractivity contribution < 1.29 is 4.79 Å². The van der Waals surface area contributed by atoms with E-state index in [4.69, 9.17) is 0 Å². The maximum absolute atomic E-state index is 12.5. The average molecular weight is 357 g/mol. The van der Waals surface area contributed by atoms with Crippen molar-refractivity contribution in [3.63, 3.8) is 0 Å². The summed E-state index contributed by atoms with van der Waals surface area (Å²) in [5, 5.41) is 8.18. The van der Waals surface area contributed by atoms with E-state index in [1.807, 2.05) is 77.6 Å². The van der Waals surface area contributed by atoms with Crippen LogP contribution in [0.4, 0.5) is 5.82 Å². The lowest BCUT2D eigenvalue weighted by atomic mass is 10.0. The van der Waals surface area contributed by atoms with Crippen molar-refractivity contribution in [1.29, 1.82) is 0 Å². The summed E-state index contributed by atoms with van der Waals surface area (Å²) in [6, 6.07) is 19.4. The molecule has 0 aliphatic rings. The van der Waals surface area contributed by atoms with Crippen molar-refractivity contribution in [2.75, 3.05) is 18.4 Å². The molecule has 0 saturated carbocycles. The first-order valence-corrected chi connectivity index (χ1v) is 8.76. The zero-order valence-corrected chi connectivity index (χ0v) is 14.7. The van der Waals surface area contributed by atoms with Gasteiger partial charge >= 0.3 is 0 Å². The number of fused-ring (bicyclic) bond motifs is 1. The monoisotopic (exact) mass is 357 g/mol. The van der Waals surface area contributed by atoms with Gasteiger partial charge in [-0.05, 0) is 29.0 Å². The molecule has 0 spiro atoms. The van der Waals surface area contributed by atoms with Crippen LogP contribution in [0.5, 0.6) is 0 Å². The van der Waals surface area contributed by atoms with Crippen molar-refractivity contribution in [2.24, 2.45) is 0 Å². The molecule has 0 aliphatic carbocycles. The molecule has 6 nitrogen and oxygen atoms in total. The second kappa shape index (κ2) is 7.70. The molecular formula is C21H19N5O. The third kappa shape index (κ3) is 3.79. The summed E-state index contributed by atoms with van der Waals surface area (Å²) in [6.07, 6.45) is 5.37. The number of rotatable bonds is 6. The van der Waals surface area contributed by atoms with E-state index >= 15 is 0 Å². The number of aromatic nitrogens is 3. The molecule has 6 heteroatoms. The van der Waals surface area contributed by atoms with Crippen LogP contribution < -0.4 is 10.6 Å². The molecule has 4 rings (SSSR count). The highest BCUT2D eigenvalue weighted by Crippen LogP contribution is 2.18. The van der Waals surface area contributed by atoms with Crippen molar-refractivity contribution in [2.45, 2.75) is 0 Å². The first-order valence-electron chi connectivity index (χ1n) is 8.76. The Labute approximate surface area is 156 Å². The van der Waals surface area contributed by atoms with Gasteiger partial charge in [0.2, 0.25) is 0 Å². The van der Waals surface area contributed by atoms with Crippen molar-refractivity contribution in [1.82, 2.24) is 19.9 Å². The molecule has 2 aromatic carbocycles. The Balaban J connectivity index is 1.35. The highest BCUT2D eigenvalue weighted by Gasteiger charge is 2.08. The van der Waals surface area contributed by atoms with Crippen LogP contribution in [0.25, 0.3) is 16.6 Å². The highest BCUT2D eigenvalue weighted by molar-refractivity contribution is 6.06. The van der Waals surface area contributed by atoms with E-state index in [2.05, 4.69) is 20.6 Å². The molecular weight excluding hydrogens is 338 g/mol. The molecule has 0 aliphatic heterocycles. The van der Waals surface area contributed by atoms with E-state index in [-0.39, 0.29) is 5.91 Å². The number of nitrogens with zero attached hydrogens (tertiary/aromatic N) is 3. The average Bonchev–Trinajstić information content (AvgIpc) is 3.26. The SMILES string of the molecule is O=C(NCCNc1cc(-n2cccc2)ncn1)c1cccc2ccccc12. The second-order valence-electron chi connectivity index (χ2n) is 6.06. The molecule has 4 aromatic rings. The topological polar surface area (TPSA) is 71.8 Å². The normalized spacial score (nSPS) is 10.7. The number of hydrogen-bond donors (Lipinski definition) is 2. The predicted molar refractivity (Wildman–Crippen MR) is 106 cm³/mol. The lowest BCUT2D eigenvalue weighted by molar-refractivity contribution is 0.0957. The van der Waals surface area contributed by atoms with Gasteiger partial charge in [-0.1, -0.05) is 36.4 Å². The van der Waals surface area contributed by atoms with E-state index in [0.717, 1.165) is 16.6 Å². The Kier molecular flexibility index (Phi) is 4.78. The van der Waals surface area contributed by atoms with Crippen LogP contribution >= 0.6 is 0 Å². The molecule has 0 radical (unpaired) electrons. The Morgan fingerprint density at radius 3 is 2.63 bits per heavy atom. The zero-order valence-electron chi connectivity index (χ0n) is 14.7. The molecule has 0 unspecified atom stereocenters. The van der Waals surface area contributed by atoms with Crippen LogP contribution in [-0.2, 0) is 0 Å². The quantitative estimate of drug-likeness (QED) is 0.520. The van der Waals surface area contributed by atoms with Crippen LogP contribution in [0.15, 0.2) is 79.4 Å². The molecule has 2 heterocycles.